The second kappa shape index (κ2) is 5.51. The van der Waals surface area contributed by atoms with Gasteiger partial charge in [-0.15, -0.1) is 0 Å². The fourth-order valence-electron chi connectivity index (χ4n) is 1.77. The second-order valence-electron chi connectivity index (χ2n) is 4.23. The van der Waals surface area contributed by atoms with Crippen LogP contribution in [0.4, 0.5) is 0 Å². The minimum atomic E-state index is -3.65. The highest BCUT2D eigenvalue weighted by molar-refractivity contribution is 9.11. The van der Waals surface area contributed by atoms with Crippen LogP contribution in [-0.2, 0) is 14.8 Å². The van der Waals surface area contributed by atoms with E-state index in [0.29, 0.717) is 17.6 Å². The molecule has 0 aromatic heterocycles. The highest BCUT2D eigenvalue weighted by Gasteiger charge is 2.32. The first-order valence-corrected chi connectivity index (χ1v) is 8.54. The molecule has 1 fully saturated rings. The Morgan fingerprint density at radius 2 is 1.89 bits per heavy atom. The quantitative estimate of drug-likeness (QED) is 0.743. The molecule has 104 valence electrons. The Morgan fingerprint density at radius 3 is 2.47 bits per heavy atom. The first-order valence-electron chi connectivity index (χ1n) is 5.51. The van der Waals surface area contributed by atoms with Crippen molar-refractivity contribution >= 4 is 47.8 Å². The van der Waals surface area contributed by atoms with Crippen molar-refractivity contribution in [2.45, 2.75) is 4.90 Å². The van der Waals surface area contributed by atoms with E-state index in [2.05, 4.69) is 31.9 Å². The predicted octanol–water partition coefficient (Wildman–Crippen LogP) is 1.67. The Balaban J connectivity index is 2.35. The van der Waals surface area contributed by atoms with Gasteiger partial charge in [-0.25, -0.2) is 8.42 Å². The van der Waals surface area contributed by atoms with Crippen molar-refractivity contribution in [2.24, 2.45) is 0 Å². The summed E-state index contributed by atoms with van der Waals surface area (Å²) in [6.07, 6.45) is 0. The molecule has 19 heavy (non-hydrogen) atoms. The number of amides is 1. The zero-order chi connectivity index (χ0) is 14.2. The number of carbonyl (C=O) groups excluding carboxylic acids is 1. The molecule has 0 aliphatic carbocycles. The van der Waals surface area contributed by atoms with E-state index in [0.717, 1.165) is 4.47 Å². The van der Waals surface area contributed by atoms with Crippen LogP contribution in [0.1, 0.15) is 0 Å². The maximum absolute atomic E-state index is 12.5. The summed E-state index contributed by atoms with van der Waals surface area (Å²) in [5.41, 5.74) is 0. The van der Waals surface area contributed by atoms with Crippen LogP contribution in [0.25, 0.3) is 0 Å². The molecule has 1 amide bonds. The number of hydrogen-bond acceptors (Lipinski definition) is 3. The number of piperazine rings is 1. The third-order valence-corrected chi connectivity index (χ3v) is 6.25. The van der Waals surface area contributed by atoms with Gasteiger partial charge in [0.1, 0.15) is 0 Å². The summed E-state index contributed by atoms with van der Waals surface area (Å²) < 4.78 is 27.4. The van der Waals surface area contributed by atoms with E-state index in [1.807, 2.05) is 0 Å². The third kappa shape index (κ3) is 3.01. The number of rotatable bonds is 2. The Labute approximate surface area is 128 Å². The minimum absolute atomic E-state index is 0.110. The average molecular weight is 412 g/mol. The minimum Gasteiger partial charge on any atom is -0.343 e. The highest BCUT2D eigenvalue weighted by atomic mass is 79.9. The molecule has 8 heteroatoms. The second-order valence-corrected chi connectivity index (χ2v) is 7.90. The summed E-state index contributed by atoms with van der Waals surface area (Å²) in [6, 6.07) is 4.85. The normalized spacial score (nSPS) is 17.8. The summed E-state index contributed by atoms with van der Waals surface area (Å²) in [6.45, 7) is 0.612. The molecule has 1 aliphatic heterocycles. The maximum Gasteiger partial charge on any atom is 0.244 e. The molecular formula is C11H12Br2N2O3S. The van der Waals surface area contributed by atoms with Gasteiger partial charge < -0.3 is 4.90 Å². The molecule has 0 bridgehead atoms. The molecule has 1 aromatic carbocycles. The molecule has 2 rings (SSSR count). The molecule has 0 saturated carbocycles. The number of halogens is 2. The molecule has 1 aliphatic rings. The number of hydrogen-bond donors (Lipinski definition) is 0. The van der Waals surface area contributed by atoms with Gasteiger partial charge in [0.25, 0.3) is 0 Å². The number of nitrogens with zero attached hydrogens (tertiary/aromatic N) is 2. The van der Waals surface area contributed by atoms with Gasteiger partial charge in [0.15, 0.2) is 0 Å². The number of sulfonamides is 1. The van der Waals surface area contributed by atoms with Crippen molar-refractivity contribution in [1.29, 1.82) is 0 Å². The summed E-state index contributed by atoms with van der Waals surface area (Å²) in [4.78, 5) is 13.3. The Hall–Kier alpha value is -0.440. The van der Waals surface area contributed by atoms with Gasteiger partial charge >= 0.3 is 0 Å². The summed E-state index contributed by atoms with van der Waals surface area (Å²) in [5.74, 6) is -0.192. The Kier molecular flexibility index (Phi) is 4.34. The van der Waals surface area contributed by atoms with E-state index in [-0.39, 0.29) is 17.3 Å². The molecule has 1 saturated heterocycles. The first kappa shape index (κ1) is 15.0. The van der Waals surface area contributed by atoms with Crippen LogP contribution < -0.4 is 0 Å². The lowest BCUT2D eigenvalue weighted by Crippen LogP contribution is -2.50. The lowest BCUT2D eigenvalue weighted by Gasteiger charge is -2.31. The first-order chi connectivity index (χ1) is 8.82. The van der Waals surface area contributed by atoms with Crippen molar-refractivity contribution < 1.29 is 13.2 Å². The topological polar surface area (TPSA) is 57.7 Å². The van der Waals surface area contributed by atoms with Gasteiger partial charge in [-0.2, -0.15) is 4.31 Å². The van der Waals surface area contributed by atoms with Gasteiger partial charge in [-0.3, -0.25) is 4.79 Å². The van der Waals surface area contributed by atoms with E-state index < -0.39 is 10.0 Å². The number of likely N-dealkylation sites (N-methyl/N-ethyl adjacent to an activating group) is 1. The molecular weight excluding hydrogens is 400 g/mol. The number of benzene rings is 1. The predicted molar refractivity (Wildman–Crippen MR) is 78.2 cm³/mol. The Morgan fingerprint density at radius 1 is 1.21 bits per heavy atom. The van der Waals surface area contributed by atoms with Crippen LogP contribution in [0.3, 0.4) is 0 Å². The summed E-state index contributed by atoms with van der Waals surface area (Å²) in [5, 5.41) is 0. The van der Waals surface area contributed by atoms with Crippen molar-refractivity contribution in [2.75, 3.05) is 26.7 Å². The van der Waals surface area contributed by atoms with E-state index in [9.17, 15) is 13.2 Å². The molecule has 1 heterocycles. The maximum atomic E-state index is 12.5. The fraction of sp³-hybridized carbons (Fsp3) is 0.364. The van der Waals surface area contributed by atoms with E-state index in [1.165, 1.54) is 15.3 Å². The molecule has 0 spiro atoms. The lowest BCUT2D eigenvalue weighted by atomic mass is 10.4. The van der Waals surface area contributed by atoms with Gasteiger partial charge in [0.2, 0.25) is 15.9 Å². The van der Waals surface area contributed by atoms with Crippen LogP contribution in [0.2, 0.25) is 0 Å². The van der Waals surface area contributed by atoms with E-state index in [4.69, 9.17) is 0 Å². The molecule has 5 nitrogen and oxygen atoms in total. The van der Waals surface area contributed by atoms with Crippen LogP contribution >= 0.6 is 31.9 Å². The molecule has 0 atom stereocenters. The monoisotopic (exact) mass is 410 g/mol. The molecule has 0 radical (unpaired) electrons. The van der Waals surface area contributed by atoms with E-state index >= 15 is 0 Å². The molecule has 0 N–H and O–H groups in total. The van der Waals surface area contributed by atoms with E-state index in [1.54, 1.807) is 19.2 Å². The van der Waals surface area contributed by atoms with Crippen LogP contribution in [0, 0.1) is 0 Å². The zero-order valence-corrected chi connectivity index (χ0v) is 14.1. The number of carbonyl (C=O) groups is 1. The van der Waals surface area contributed by atoms with Crippen molar-refractivity contribution in [3.8, 4) is 0 Å². The van der Waals surface area contributed by atoms with Gasteiger partial charge in [-0.05, 0) is 34.1 Å². The van der Waals surface area contributed by atoms with Gasteiger partial charge in [0.05, 0.1) is 11.4 Å². The van der Waals surface area contributed by atoms with Crippen molar-refractivity contribution in [1.82, 2.24) is 9.21 Å². The third-order valence-electron chi connectivity index (χ3n) is 2.93. The smallest absolute Gasteiger partial charge is 0.244 e. The molecule has 0 unspecified atom stereocenters. The van der Waals surface area contributed by atoms with Gasteiger partial charge in [0, 0.05) is 29.1 Å². The summed E-state index contributed by atoms with van der Waals surface area (Å²) in [7, 11) is -1.98. The lowest BCUT2D eigenvalue weighted by molar-refractivity contribution is -0.132. The highest BCUT2D eigenvalue weighted by Crippen LogP contribution is 2.28. The SMILES string of the molecule is CN1CCN(S(=O)(=O)c2ccc(Br)cc2Br)CC1=O. The van der Waals surface area contributed by atoms with Crippen molar-refractivity contribution in [3.05, 3.63) is 27.1 Å². The Bertz CT molecular complexity index is 618. The van der Waals surface area contributed by atoms with Gasteiger partial charge in [-0.1, -0.05) is 15.9 Å². The largest absolute Gasteiger partial charge is 0.343 e. The van der Waals surface area contributed by atoms with Crippen LogP contribution in [-0.4, -0.2) is 50.2 Å². The molecule has 1 aromatic rings. The zero-order valence-electron chi connectivity index (χ0n) is 10.1. The van der Waals surface area contributed by atoms with Crippen molar-refractivity contribution in [3.63, 3.8) is 0 Å². The average Bonchev–Trinajstić information content (AvgIpc) is 2.32. The van der Waals surface area contributed by atoms with Crippen LogP contribution in [0.5, 0.6) is 0 Å². The summed E-state index contributed by atoms with van der Waals surface area (Å²) >= 11 is 6.52. The van der Waals surface area contributed by atoms with Crippen LogP contribution in [0.15, 0.2) is 32.0 Å². The standard InChI is InChI=1S/C11H12Br2N2O3S/c1-14-4-5-15(7-11(14)16)19(17,18)10-3-2-8(12)6-9(10)13/h2-3,6H,4-5,7H2,1H3. The fourth-order valence-corrected chi connectivity index (χ4v) is 4.85.